The summed E-state index contributed by atoms with van der Waals surface area (Å²) >= 11 is 6.34. The molecule has 0 aliphatic rings. The summed E-state index contributed by atoms with van der Waals surface area (Å²) in [5.41, 5.74) is 0.586. The Morgan fingerprint density at radius 3 is 2.62 bits per heavy atom. The topological polar surface area (TPSA) is 35.5 Å². The first kappa shape index (κ1) is 23.1. The zero-order chi connectivity index (χ0) is 18.1. The van der Waals surface area contributed by atoms with Crippen LogP contribution in [0.25, 0.3) is 0 Å². The van der Waals surface area contributed by atoms with Crippen LogP contribution in [0.3, 0.4) is 0 Å². The molecule has 1 atom stereocenters. The number of benzene rings is 2. The number of para-hydroxylation sites is 1. The van der Waals surface area contributed by atoms with E-state index in [1.54, 1.807) is 25.3 Å². The molecular formula is C20H25ClLiO3P. The van der Waals surface area contributed by atoms with Crippen LogP contribution in [-0.4, -0.2) is 19.2 Å². The molecule has 0 bridgehead atoms. The molecule has 0 aromatic heterocycles. The Balaban J connectivity index is 0.00000338. The SMILES string of the molecule is CCCCCCOc1ccc(PC(=O)c2ccccc2OC)c(Cl)c1.[H-].[Li+]. The predicted octanol–water partition coefficient (Wildman–Crippen LogP) is 2.57. The summed E-state index contributed by atoms with van der Waals surface area (Å²) in [5, 5.41) is 1.38. The summed E-state index contributed by atoms with van der Waals surface area (Å²) < 4.78 is 11.0. The van der Waals surface area contributed by atoms with Crippen molar-refractivity contribution in [1.82, 2.24) is 0 Å². The van der Waals surface area contributed by atoms with Crippen molar-refractivity contribution in [1.29, 1.82) is 0 Å². The summed E-state index contributed by atoms with van der Waals surface area (Å²) in [7, 11) is 1.51. The van der Waals surface area contributed by atoms with Crippen LogP contribution >= 0.6 is 20.2 Å². The Labute approximate surface area is 176 Å². The van der Waals surface area contributed by atoms with Gasteiger partial charge >= 0.3 is 18.9 Å². The van der Waals surface area contributed by atoms with Gasteiger partial charge in [-0.2, -0.15) is 0 Å². The van der Waals surface area contributed by atoms with Gasteiger partial charge in [0.15, 0.2) is 5.52 Å². The summed E-state index contributed by atoms with van der Waals surface area (Å²) in [6.07, 6.45) is 4.66. The molecule has 0 amide bonds. The summed E-state index contributed by atoms with van der Waals surface area (Å²) in [6, 6.07) is 12.8. The van der Waals surface area contributed by atoms with Gasteiger partial charge in [-0.15, -0.1) is 0 Å². The zero-order valence-corrected chi connectivity index (χ0v) is 17.4. The van der Waals surface area contributed by atoms with Crippen molar-refractivity contribution in [2.24, 2.45) is 0 Å². The van der Waals surface area contributed by atoms with Gasteiger partial charge in [0, 0.05) is 0 Å². The number of carbonyl (C=O) groups excluding carboxylic acids is 1. The molecule has 2 aromatic carbocycles. The molecule has 0 saturated carbocycles. The third-order valence-corrected chi connectivity index (χ3v) is 5.48. The third-order valence-electron chi connectivity index (χ3n) is 3.81. The maximum absolute atomic E-state index is 12.5. The van der Waals surface area contributed by atoms with E-state index >= 15 is 0 Å². The van der Waals surface area contributed by atoms with Crippen LogP contribution in [0.1, 0.15) is 44.4 Å². The Kier molecular flexibility index (Phi) is 11.0. The number of unbranched alkanes of at least 4 members (excludes halogenated alkanes) is 3. The maximum Gasteiger partial charge on any atom is 1.00 e. The minimum atomic E-state index is -0.0539. The van der Waals surface area contributed by atoms with Crippen molar-refractivity contribution in [2.75, 3.05) is 13.7 Å². The normalized spacial score (nSPS) is 10.6. The molecule has 3 nitrogen and oxygen atoms in total. The minimum Gasteiger partial charge on any atom is -1.00 e. The van der Waals surface area contributed by atoms with Crippen molar-refractivity contribution in [2.45, 2.75) is 32.6 Å². The molecule has 2 rings (SSSR count). The Morgan fingerprint density at radius 2 is 1.92 bits per heavy atom. The molecule has 26 heavy (non-hydrogen) atoms. The van der Waals surface area contributed by atoms with Gasteiger partial charge in [-0.1, -0.05) is 49.9 Å². The first-order valence-electron chi connectivity index (χ1n) is 8.52. The average molecular weight is 387 g/mol. The summed E-state index contributed by atoms with van der Waals surface area (Å²) in [6.45, 7) is 2.88. The van der Waals surface area contributed by atoms with Crippen molar-refractivity contribution in [3.63, 3.8) is 0 Å². The van der Waals surface area contributed by atoms with E-state index in [1.807, 2.05) is 24.3 Å². The Morgan fingerprint density at radius 1 is 1.15 bits per heavy atom. The fourth-order valence-corrected chi connectivity index (χ4v) is 3.68. The molecule has 136 valence electrons. The molecule has 0 aliphatic carbocycles. The van der Waals surface area contributed by atoms with Crippen molar-refractivity contribution < 1.29 is 34.6 Å². The van der Waals surface area contributed by atoms with Crippen LogP contribution in [0.5, 0.6) is 11.5 Å². The Bertz CT molecular complexity index is 715. The molecule has 0 spiro atoms. The van der Waals surface area contributed by atoms with Crippen molar-refractivity contribution in [3.05, 3.63) is 53.1 Å². The smallest absolute Gasteiger partial charge is 1.00 e. The second kappa shape index (κ2) is 12.4. The molecule has 0 heterocycles. The van der Waals surface area contributed by atoms with E-state index in [1.165, 1.54) is 19.3 Å². The van der Waals surface area contributed by atoms with Crippen LogP contribution in [0, 0.1) is 0 Å². The Hall–Kier alpha value is -0.973. The molecule has 0 fully saturated rings. The van der Waals surface area contributed by atoms with Crippen LogP contribution in [0.4, 0.5) is 0 Å². The van der Waals surface area contributed by atoms with Crippen LogP contribution in [-0.2, 0) is 0 Å². The summed E-state index contributed by atoms with van der Waals surface area (Å²) in [4.78, 5) is 12.5. The number of halogens is 1. The molecule has 1 unspecified atom stereocenters. The standard InChI is InChI=1S/C20H24ClO3P.Li.H/c1-3-4-5-8-13-24-15-11-12-19(17(21)14-15)25-20(22)16-9-6-7-10-18(16)23-2;;/h6-7,9-12,14,25H,3-5,8,13H2,1-2H3;;/q;+1;-1. The van der Waals surface area contributed by atoms with E-state index in [2.05, 4.69) is 6.92 Å². The van der Waals surface area contributed by atoms with Crippen LogP contribution in [0.2, 0.25) is 5.02 Å². The third kappa shape index (κ3) is 6.97. The van der Waals surface area contributed by atoms with E-state index in [0.717, 1.165) is 17.5 Å². The van der Waals surface area contributed by atoms with Gasteiger partial charge in [-0.3, -0.25) is 4.79 Å². The molecule has 0 N–H and O–H groups in total. The van der Waals surface area contributed by atoms with Gasteiger partial charge in [-0.25, -0.2) is 0 Å². The molecule has 0 aliphatic heterocycles. The van der Waals surface area contributed by atoms with Crippen LogP contribution < -0.4 is 33.6 Å². The van der Waals surface area contributed by atoms with Gasteiger partial charge < -0.3 is 10.9 Å². The van der Waals surface area contributed by atoms with Crippen molar-refractivity contribution in [3.8, 4) is 11.5 Å². The molecule has 0 radical (unpaired) electrons. The second-order valence-corrected chi connectivity index (χ2v) is 7.36. The maximum atomic E-state index is 12.5. The van der Waals surface area contributed by atoms with Crippen molar-refractivity contribution >= 4 is 31.0 Å². The average Bonchev–Trinajstić information content (AvgIpc) is 2.63. The van der Waals surface area contributed by atoms with E-state index in [-0.39, 0.29) is 34.4 Å². The number of rotatable bonds is 10. The number of hydrogen-bond acceptors (Lipinski definition) is 3. The fourth-order valence-electron chi connectivity index (χ4n) is 2.43. The van der Waals surface area contributed by atoms with Gasteiger partial charge in [0.2, 0.25) is 0 Å². The first-order chi connectivity index (χ1) is 12.2. The van der Waals surface area contributed by atoms with Gasteiger partial charge in [0.1, 0.15) is 11.5 Å². The fraction of sp³-hybridized carbons (Fsp3) is 0.350. The predicted molar refractivity (Wildman–Crippen MR) is 107 cm³/mol. The largest absolute Gasteiger partial charge is 1.00 e. The number of hydrogen-bond donors (Lipinski definition) is 0. The van der Waals surface area contributed by atoms with E-state index < -0.39 is 0 Å². The van der Waals surface area contributed by atoms with Gasteiger partial charge in [-0.05, 0) is 50.6 Å². The quantitative estimate of drug-likeness (QED) is 0.358. The zero-order valence-electron chi connectivity index (χ0n) is 16.7. The van der Waals surface area contributed by atoms with Crippen LogP contribution in [0.15, 0.2) is 42.5 Å². The molecular weight excluding hydrogens is 362 g/mol. The monoisotopic (exact) mass is 386 g/mol. The van der Waals surface area contributed by atoms with Gasteiger partial charge in [0.05, 0.1) is 24.3 Å². The summed E-state index contributed by atoms with van der Waals surface area (Å²) in [5.74, 6) is 1.34. The second-order valence-electron chi connectivity index (χ2n) is 5.71. The van der Waals surface area contributed by atoms with E-state index in [0.29, 0.717) is 22.9 Å². The van der Waals surface area contributed by atoms with E-state index in [4.69, 9.17) is 21.1 Å². The molecule has 2 aromatic rings. The first-order valence-corrected chi connectivity index (χ1v) is 9.90. The molecule has 6 heteroatoms. The number of methoxy groups -OCH3 is 1. The van der Waals surface area contributed by atoms with Gasteiger partial charge in [0.25, 0.3) is 0 Å². The van der Waals surface area contributed by atoms with E-state index in [9.17, 15) is 4.79 Å². The number of carbonyl (C=O) groups is 1. The minimum absolute atomic E-state index is 0. The molecule has 0 saturated heterocycles. The number of ether oxygens (including phenoxy) is 2.